The fourth-order valence-corrected chi connectivity index (χ4v) is 4.08. The molecule has 0 saturated carbocycles. The van der Waals surface area contributed by atoms with Crippen molar-refractivity contribution in [2.24, 2.45) is 0 Å². The van der Waals surface area contributed by atoms with Crippen LogP contribution in [0.4, 0.5) is 0 Å². The van der Waals surface area contributed by atoms with E-state index in [-0.39, 0.29) is 0 Å². The first-order valence-corrected chi connectivity index (χ1v) is 7.95. The van der Waals surface area contributed by atoms with Crippen molar-refractivity contribution in [3.8, 4) is 0 Å². The van der Waals surface area contributed by atoms with E-state index in [1.54, 1.807) is 0 Å². The molecule has 18 heavy (non-hydrogen) atoms. The Kier molecular flexibility index (Phi) is 3.97. The molecule has 1 aromatic rings. The number of nitrogens with zero attached hydrogens (tertiary/aromatic N) is 2. The van der Waals surface area contributed by atoms with Crippen molar-refractivity contribution in [3.63, 3.8) is 0 Å². The summed E-state index contributed by atoms with van der Waals surface area (Å²) in [5, 5.41) is 3.53. The van der Waals surface area contributed by atoms with Crippen LogP contribution in [-0.4, -0.2) is 42.2 Å². The van der Waals surface area contributed by atoms with Crippen LogP contribution in [0.3, 0.4) is 0 Å². The van der Waals surface area contributed by atoms with Gasteiger partial charge in [0.1, 0.15) is 0 Å². The lowest BCUT2D eigenvalue weighted by Crippen LogP contribution is -2.44. The third kappa shape index (κ3) is 2.76. The second-order valence-electron chi connectivity index (χ2n) is 5.50. The molecule has 0 spiro atoms. The molecule has 0 bridgehead atoms. The van der Waals surface area contributed by atoms with Gasteiger partial charge in [-0.05, 0) is 39.2 Å². The predicted molar refractivity (Wildman–Crippen MR) is 74.2 cm³/mol. The Morgan fingerprint density at radius 1 is 1.33 bits per heavy atom. The normalized spacial score (nSPS) is 27.5. The Hall–Kier alpha value is -0.450. The number of ether oxygens (including phenoxy) is 1. The summed E-state index contributed by atoms with van der Waals surface area (Å²) in [6.45, 7) is 6.46. The van der Waals surface area contributed by atoms with Gasteiger partial charge in [0, 0.05) is 42.8 Å². The summed E-state index contributed by atoms with van der Waals surface area (Å²) >= 11 is 1.84. The molecule has 0 N–H and O–H groups in total. The molecule has 3 nitrogen and oxygen atoms in total. The lowest BCUT2D eigenvalue weighted by Gasteiger charge is -2.39. The first-order valence-electron chi connectivity index (χ1n) is 7.07. The number of hydrogen-bond donors (Lipinski definition) is 0. The van der Waals surface area contributed by atoms with E-state index in [0.717, 1.165) is 19.3 Å². The first kappa shape index (κ1) is 12.6. The maximum Gasteiger partial charge on any atom is 0.0971 e. The van der Waals surface area contributed by atoms with E-state index in [1.165, 1.54) is 49.5 Å². The van der Waals surface area contributed by atoms with E-state index in [0.29, 0.717) is 5.92 Å². The molecule has 2 aliphatic rings. The number of hydrogen-bond acceptors (Lipinski definition) is 4. The van der Waals surface area contributed by atoms with Crippen molar-refractivity contribution in [1.82, 2.24) is 9.88 Å². The molecule has 100 valence electrons. The quantitative estimate of drug-likeness (QED) is 0.823. The standard InChI is InChI=1S/C14H22N2OS/c1-11-10-18-14(15-11)12-3-2-6-16(9-12)13-4-7-17-8-5-13/h10,12-13H,2-9H2,1H3/t12-/m0/s1. The van der Waals surface area contributed by atoms with Gasteiger partial charge in [0.05, 0.1) is 5.01 Å². The fourth-order valence-electron chi connectivity index (χ4n) is 3.15. The highest BCUT2D eigenvalue weighted by atomic mass is 32.1. The van der Waals surface area contributed by atoms with Crippen LogP contribution in [0, 0.1) is 6.92 Å². The minimum Gasteiger partial charge on any atom is -0.381 e. The minimum absolute atomic E-state index is 0.667. The maximum absolute atomic E-state index is 5.47. The number of aromatic nitrogens is 1. The number of thiazole rings is 1. The molecule has 0 aliphatic carbocycles. The van der Waals surface area contributed by atoms with E-state index >= 15 is 0 Å². The third-order valence-electron chi connectivity index (χ3n) is 4.15. The van der Waals surface area contributed by atoms with Gasteiger partial charge in [-0.15, -0.1) is 11.3 Å². The van der Waals surface area contributed by atoms with Crippen LogP contribution in [0.2, 0.25) is 0 Å². The Morgan fingerprint density at radius 3 is 2.89 bits per heavy atom. The van der Waals surface area contributed by atoms with Gasteiger partial charge in [0.25, 0.3) is 0 Å². The van der Waals surface area contributed by atoms with Gasteiger partial charge in [0.2, 0.25) is 0 Å². The van der Waals surface area contributed by atoms with Crippen molar-refractivity contribution in [2.75, 3.05) is 26.3 Å². The summed E-state index contributed by atoms with van der Waals surface area (Å²) in [6, 6.07) is 0.752. The molecule has 1 aromatic heterocycles. The molecule has 2 fully saturated rings. The molecular weight excluding hydrogens is 244 g/mol. The highest BCUT2D eigenvalue weighted by Crippen LogP contribution is 2.31. The molecule has 3 rings (SSSR count). The van der Waals surface area contributed by atoms with Crippen LogP contribution in [0.15, 0.2) is 5.38 Å². The molecule has 2 aliphatic heterocycles. The van der Waals surface area contributed by atoms with E-state index < -0.39 is 0 Å². The van der Waals surface area contributed by atoms with Crippen LogP contribution in [0.1, 0.15) is 42.3 Å². The summed E-state index contributed by atoms with van der Waals surface area (Å²) in [6.07, 6.45) is 5.06. The number of likely N-dealkylation sites (tertiary alicyclic amines) is 1. The average Bonchev–Trinajstić information content (AvgIpc) is 2.87. The maximum atomic E-state index is 5.47. The molecule has 0 unspecified atom stereocenters. The minimum atomic E-state index is 0.667. The number of piperidine rings is 1. The topological polar surface area (TPSA) is 25.4 Å². The number of rotatable bonds is 2. The van der Waals surface area contributed by atoms with Gasteiger partial charge in [-0.1, -0.05) is 0 Å². The summed E-state index contributed by atoms with van der Waals surface area (Å²) in [7, 11) is 0. The largest absolute Gasteiger partial charge is 0.381 e. The predicted octanol–water partition coefficient (Wildman–Crippen LogP) is 2.81. The van der Waals surface area contributed by atoms with Gasteiger partial charge in [0.15, 0.2) is 0 Å². The van der Waals surface area contributed by atoms with Gasteiger partial charge in [-0.25, -0.2) is 4.98 Å². The van der Waals surface area contributed by atoms with Crippen molar-refractivity contribution in [1.29, 1.82) is 0 Å². The van der Waals surface area contributed by atoms with Crippen LogP contribution in [0.5, 0.6) is 0 Å². The molecule has 0 aromatic carbocycles. The monoisotopic (exact) mass is 266 g/mol. The molecule has 2 saturated heterocycles. The summed E-state index contributed by atoms with van der Waals surface area (Å²) < 4.78 is 5.47. The lowest BCUT2D eigenvalue weighted by molar-refractivity contribution is 0.0240. The van der Waals surface area contributed by atoms with Crippen LogP contribution < -0.4 is 0 Å². The van der Waals surface area contributed by atoms with E-state index in [2.05, 4.69) is 22.2 Å². The van der Waals surface area contributed by atoms with Crippen LogP contribution in [0.25, 0.3) is 0 Å². The molecule has 3 heterocycles. The molecule has 0 amide bonds. The smallest absolute Gasteiger partial charge is 0.0971 e. The van der Waals surface area contributed by atoms with Crippen molar-refractivity contribution in [3.05, 3.63) is 16.1 Å². The third-order valence-corrected chi connectivity index (χ3v) is 5.27. The summed E-state index contributed by atoms with van der Waals surface area (Å²) in [4.78, 5) is 7.37. The van der Waals surface area contributed by atoms with Gasteiger partial charge < -0.3 is 4.74 Å². The Morgan fingerprint density at radius 2 is 2.17 bits per heavy atom. The lowest BCUT2D eigenvalue weighted by atomic mass is 9.95. The Labute approximate surface area is 113 Å². The summed E-state index contributed by atoms with van der Waals surface area (Å²) in [5.41, 5.74) is 1.18. The second-order valence-corrected chi connectivity index (χ2v) is 6.39. The molecule has 4 heteroatoms. The van der Waals surface area contributed by atoms with Crippen LogP contribution >= 0.6 is 11.3 Å². The first-order chi connectivity index (χ1) is 8.83. The second kappa shape index (κ2) is 5.68. The van der Waals surface area contributed by atoms with Gasteiger partial charge in [-0.3, -0.25) is 4.90 Å². The molecule has 1 atom stereocenters. The number of aryl methyl sites for hydroxylation is 1. The van der Waals surface area contributed by atoms with Crippen LogP contribution in [-0.2, 0) is 4.74 Å². The summed E-state index contributed by atoms with van der Waals surface area (Å²) in [5.74, 6) is 0.667. The Balaban J connectivity index is 1.64. The van der Waals surface area contributed by atoms with E-state index in [9.17, 15) is 0 Å². The van der Waals surface area contributed by atoms with E-state index in [4.69, 9.17) is 4.74 Å². The van der Waals surface area contributed by atoms with Crippen molar-refractivity contribution in [2.45, 2.75) is 44.6 Å². The van der Waals surface area contributed by atoms with E-state index in [1.807, 2.05) is 11.3 Å². The highest BCUT2D eigenvalue weighted by molar-refractivity contribution is 7.09. The van der Waals surface area contributed by atoms with Crippen molar-refractivity contribution < 1.29 is 4.74 Å². The van der Waals surface area contributed by atoms with Gasteiger partial charge in [-0.2, -0.15) is 0 Å². The highest BCUT2D eigenvalue weighted by Gasteiger charge is 2.29. The average molecular weight is 266 g/mol. The zero-order valence-electron chi connectivity index (χ0n) is 11.1. The molecule has 0 radical (unpaired) electrons. The Bertz CT molecular complexity index is 387. The zero-order valence-corrected chi connectivity index (χ0v) is 11.9. The fraction of sp³-hybridized carbons (Fsp3) is 0.786. The van der Waals surface area contributed by atoms with Gasteiger partial charge >= 0.3 is 0 Å². The zero-order chi connectivity index (χ0) is 12.4. The SMILES string of the molecule is Cc1csc([C@H]2CCCN(C3CCOCC3)C2)n1. The molecular formula is C14H22N2OS. The van der Waals surface area contributed by atoms with Crippen molar-refractivity contribution >= 4 is 11.3 Å².